The summed E-state index contributed by atoms with van der Waals surface area (Å²) in [6.07, 6.45) is 1.68. The largest absolute Gasteiger partial charge is 0.486 e. The molecule has 0 aliphatic carbocycles. The zero-order valence-electron chi connectivity index (χ0n) is 13.5. The quantitative estimate of drug-likeness (QED) is 0.567. The minimum absolute atomic E-state index is 0.134. The second-order valence-electron chi connectivity index (χ2n) is 5.60. The number of nitrogens with zero attached hydrogens (tertiary/aromatic N) is 1. The summed E-state index contributed by atoms with van der Waals surface area (Å²) < 4.78 is 23.9. The number of aromatic nitrogens is 2. The Morgan fingerprint density at radius 3 is 2.85 bits per heavy atom. The van der Waals surface area contributed by atoms with Crippen molar-refractivity contribution in [3.63, 3.8) is 0 Å². The maximum absolute atomic E-state index is 12.9. The number of H-pyrrole nitrogens is 1. The number of carbonyl (C=O) groups excluding carboxylic acids is 1. The van der Waals surface area contributed by atoms with E-state index in [0.717, 1.165) is 10.9 Å². The lowest BCUT2D eigenvalue weighted by molar-refractivity contribution is 0.0992. The zero-order valence-corrected chi connectivity index (χ0v) is 13.5. The average Bonchev–Trinajstić information content (AvgIpc) is 3.31. The number of para-hydroxylation sites is 1. The Morgan fingerprint density at radius 1 is 1.15 bits per heavy atom. The smallest absolute Gasteiger partial charge is 0.291 e. The molecule has 0 saturated carbocycles. The van der Waals surface area contributed by atoms with Gasteiger partial charge in [0.1, 0.15) is 23.9 Å². The molecule has 2 aromatic carbocycles. The van der Waals surface area contributed by atoms with Crippen LogP contribution in [0.2, 0.25) is 0 Å². The Bertz CT molecular complexity index is 1050. The van der Waals surface area contributed by atoms with Crippen LogP contribution in [0.15, 0.2) is 65.2 Å². The van der Waals surface area contributed by atoms with E-state index >= 15 is 0 Å². The van der Waals surface area contributed by atoms with Gasteiger partial charge in [0.2, 0.25) is 0 Å². The minimum Gasteiger partial charge on any atom is -0.486 e. The van der Waals surface area contributed by atoms with Crippen molar-refractivity contribution >= 4 is 22.5 Å². The molecule has 130 valence electrons. The second kappa shape index (κ2) is 6.72. The van der Waals surface area contributed by atoms with Crippen LogP contribution in [0.1, 0.15) is 16.3 Å². The van der Waals surface area contributed by atoms with E-state index in [1.165, 1.54) is 24.3 Å². The summed E-state index contributed by atoms with van der Waals surface area (Å²) in [5, 5.41) is 10.5. The molecule has 2 N–H and O–H groups in total. The standard InChI is InChI=1S/C19H14FN3O3/c20-13-4-6-14(7-5-13)25-11-15-8-9-17(26-15)19(24)22-16-3-1-2-12-10-21-23-18(12)16/h1-10H,11H2,(H,21,23)(H,22,24). The molecule has 0 atom stereocenters. The predicted molar refractivity (Wildman–Crippen MR) is 93.5 cm³/mol. The van der Waals surface area contributed by atoms with Gasteiger partial charge in [-0.3, -0.25) is 9.89 Å². The molecular formula is C19H14FN3O3. The Kier molecular flexibility index (Phi) is 4.10. The summed E-state index contributed by atoms with van der Waals surface area (Å²) in [5.74, 6) is 0.458. The fourth-order valence-electron chi connectivity index (χ4n) is 2.52. The third-order valence-corrected chi connectivity index (χ3v) is 3.81. The number of carbonyl (C=O) groups is 1. The van der Waals surface area contributed by atoms with Crippen molar-refractivity contribution in [2.75, 3.05) is 5.32 Å². The van der Waals surface area contributed by atoms with Crippen molar-refractivity contribution < 1.29 is 18.3 Å². The first kappa shape index (κ1) is 15.9. The molecule has 0 saturated heterocycles. The number of fused-ring (bicyclic) bond motifs is 1. The monoisotopic (exact) mass is 351 g/mol. The van der Waals surface area contributed by atoms with Crippen molar-refractivity contribution in [3.05, 3.63) is 78.1 Å². The number of furan rings is 1. The minimum atomic E-state index is -0.375. The summed E-state index contributed by atoms with van der Waals surface area (Å²) >= 11 is 0. The lowest BCUT2D eigenvalue weighted by Gasteiger charge is -2.05. The first-order chi connectivity index (χ1) is 12.7. The number of ether oxygens (including phenoxy) is 1. The zero-order chi connectivity index (χ0) is 17.9. The molecule has 26 heavy (non-hydrogen) atoms. The number of benzene rings is 2. The Hall–Kier alpha value is -3.61. The number of hydrogen-bond acceptors (Lipinski definition) is 4. The molecule has 6 nitrogen and oxygen atoms in total. The molecule has 0 spiro atoms. The van der Waals surface area contributed by atoms with E-state index in [1.807, 2.05) is 12.1 Å². The van der Waals surface area contributed by atoms with Crippen LogP contribution in [0.25, 0.3) is 10.9 Å². The van der Waals surface area contributed by atoms with Crippen LogP contribution in [0.5, 0.6) is 5.75 Å². The number of halogens is 1. The van der Waals surface area contributed by atoms with Gasteiger partial charge in [0.25, 0.3) is 5.91 Å². The Morgan fingerprint density at radius 2 is 2.00 bits per heavy atom. The molecule has 0 bridgehead atoms. The summed E-state index contributed by atoms with van der Waals surface area (Å²) in [4.78, 5) is 12.4. The van der Waals surface area contributed by atoms with Crippen LogP contribution in [0.4, 0.5) is 10.1 Å². The van der Waals surface area contributed by atoms with E-state index in [2.05, 4.69) is 15.5 Å². The van der Waals surface area contributed by atoms with Gasteiger partial charge in [0.05, 0.1) is 17.4 Å². The number of anilines is 1. The molecule has 0 radical (unpaired) electrons. The molecule has 0 aliphatic heterocycles. The predicted octanol–water partition coefficient (Wildman–Crippen LogP) is 4.13. The van der Waals surface area contributed by atoms with E-state index in [0.29, 0.717) is 17.2 Å². The van der Waals surface area contributed by atoms with Crippen LogP contribution >= 0.6 is 0 Å². The maximum atomic E-state index is 12.9. The van der Waals surface area contributed by atoms with Gasteiger partial charge in [-0.2, -0.15) is 5.10 Å². The van der Waals surface area contributed by atoms with E-state index in [9.17, 15) is 9.18 Å². The highest BCUT2D eigenvalue weighted by molar-refractivity contribution is 6.06. The number of aromatic amines is 1. The van der Waals surface area contributed by atoms with Crippen molar-refractivity contribution in [1.82, 2.24) is 10.2 Å². The first-order valence-electron chi connectivity index (χ1n) is 7.89. The SMILES string of the molecule is O=C(Nc1cccc2cn[nH]c12)c1ccc(COc2ccc(F)cc2)o1. The van der Waals surface area contributed by atoms with Crippen LogP contribution in [0.3, 0.4) is 0 Å². The van der Waals surface area contributed by atoms with Crippen molar-refractivity contribution in [3.8, 4) is 5.75 Å². The highest BCUT2D eigenvalue weighted by Crippen LogP contribution is 2.22. The molecule has 0 aliphatic rings. The highest BCUT2D eigenvalue weighted by atomic mass is 19.1. The van der Waals surface area contributed by atoms with Gasteiger partial charge < -0.3 is 14.5 Å². The topological polar surface area (TPSA) is 80.2 Å². The van der Waals surface area contributed by atoms with E-state index in [1.54, 1.807) is 24.4 Å². The van der Waals surface area contributed by atoms with Crippen LogP contribution in [-0.4, -0.2) is 16.1 Å². The highest BCUT2D eigenvalue weighted by Gasteiger charge is 2.14. The fraction of sp³-hybridized carbons (Fsp3) is 0.0526. The Labute approximate surface area is 147 Å². The molecule has 0 unspecified atom stereocenters. The van der Waals surface area contributed by atoms with Crippen molar-refractivity contribution in [2.24, 2.45) is 0 Å². The van der Waals surface area contributed by atoms with Gasteiger partial charge in [-0.15, -0.1) is 0 Å². The fourth-order valence-corrected chi connectivity index (χ4v) is 2.52. The van der Waals surface area contributed by atoms with Gasteiger partial charge >= 0.3 is 0 Å². The molecule has 2 aromatic heterocycles. The van der Waals surface area contributed by atoms with E-state index in [-0.39, 0.29) is 24.1 Å². The van der Waals surface area contributed by atoms with Gasteiger partial charge in [-0.25, -0.2) is 4.39 Å². The van der Waals surface area contributed by atoms with Gasteiger partial charge in [0.15, 0.2) is 5.76 Å². The molecule has 4 aromatic rings. The van der Waals surface area contributed by atoms with Crippen molar-refractivity contribution in [2.45, 2.75) is 6.61 Å². The number of rotatable bonds is 5. The summed E-state index contributed by atoms with van der Waals surface area (Å²) in [6.45, 7) is 0.134. The van der Waals surface area contributed by atoms with E-state index in [4.69, 9.17) is 9.15 Å². The molecule has 4 rings (SSSR count). The molecular weight excluding hydrogens is 337 g/mol. The van der Waals surface area contributed by atoms with Gasteiger partial charge in [-0.05, 0) is 42.5 Å². The third-order valence-electron chi connectivity index (χ3n) is 3.81. The van der Waals surface area contributed by atoms with Crippen LogP contribution < -0.4 is 10.1 Å². The lowest BCUT2D eigenvalue weighted by Crippen LogP contribution is -2.11. The third kappa shape index (κ3) is 3.27. The lowest BCUT2D eigenvalue weighted by atomic mass is 10.2. The number of hydrogen-bond donors (Lipinski definition) is 2. The number of nitrogens with one attached hydrogen (secondary N) is 2. The molecule has 2 heterocycles. The van der Waals surface area contributed by atoms with E-state index < -0.39 is 0 Å². The average molecular weight is 351 g/mol. The normalized spacial score (nSPS) is 10.8. The van der Waals surface area contributed by atoms with Crippen LogP contribution in [0, 0.1) is 5.82 Å². The second-order valence-corrected chi connectivity index (χ2v) is 5.60. The summed E-state index contributed by atoms with van der Waals surface area (Å²) in [5.41, 5.74) is 1.36. The molecule has 1 amide bonds. The van der Waals surface area contributed by atoms with Gasteiger partial charge in [0, 0.05) is 5.39 Å². The maximum Gasteiger partial charge on any atom is 0.291 e. The Balaban J connectivity index is 1.43. The number of amides is 1. The van der Waals surface area contributed by atoms with Crippen molar-refractivity contribution in [1.29, 1.82) is 0 Å². The summed E-state index contributed by atoms with van der Waals surface area (Å²) in [7, 11) is 0. The first-order valence-corrected chi connectivity index (χ1v) is 7.89. The van der Waals surface area contributed by atoms with Crippen LogP contribution in [-0.2, 0) is 6.61 Å². The van der Waals surface area contributed by atoms with Gasteiger partial charge in [-0.1, -0.05) is 12.1 Å². The molecule has 0 fully saturated rings. The molecule has 7 heteroatoms. The summed E-state index contributed by atoms with van der Waals surface area (Å²) in [6, 6.07) is 14.4.